The van der Waals surface area contributed by atoms with E-state index in [2.05, 4.69) is 12.2 Å². The summed E-state index contributed by atoms with van der Waals surface area (Å²) in [6.45, 7) is 4.00. The molecule has 1 heterocycles. The van der Waals surface area contributed by atoms with Crippen molar-refractivity contribution < 1.29 is 9.59 Å². The number of carbonyl (C=O) groups is 2. The summed E-state index contributed by atoms with van der Waals surface area (Å²) in [4.78, 5) is 27.5. The van der Waals surface area contributed by atoms with Gasteiger partial charge in [0.05, 0.1) is 5.92 Å². The zero-order chi connectivity index (χ0) is 16.9. The van der Waals surface area contributed by atoms with Crippen molar-refractivity contribution in [3.63, 3.8) is 0 Å². The van der Waals surface area contributed by atoms with Crippen LogP contribution in [0.15, 0.2) is 30.3 Å². The molecule has 4 nitrogen and oxygen atoms in total. The molecule has 1 aliphatic carbocycles. The molecule has 2 atom stereocenters. The molecule has 2 aliphatic rings. The third-order valence-electron chi connectivity index (χ3n) is 5.53. The molecule has 1 N–H and O–H groups in total. The number of hydrogen-bond donors (Lipinski definition) is 1. The Bertz CT molecular complexity index is 564. The first-order valence-electron chi connectivity index (χ1n) is 9.30. The van der Waals surface area contributed by atoms with Crippen molar-refractivity contribution in [3.8, 4) is 0 Å². The van der Waals surface area contributed by atoms with Crippen LogP contribution in [0.5, 0.6) is 0 Å². The molecule has 2 fully saturated rings. The number of benzene rings is 1. The minimum atomic E-state index is -0.0624. The topological polar surface area (TPSA) is 49.4 Å². The number of carbonyl (C=O) groups excluding carboxylic acids is 2. The fourth-order valence-corrected chi connectivity index (χ4v) is 3.90. The fourth-order valence-electron chi connectivity index (χ4n) is 3.90. The van der Waals surface area contributed by atoms with Gasteiger partial charge in [-0.1, -0.05) is 38.0 Å². The number of piperidine rings is 1. The van der Waals surface area contributed by atoms with Gasteiger partial charge in [-0.05, 0) is 43.7 Å². The molecule has 24 heavy (non-hydrogen) atoms. The van der Waals surface area contributed by atoms with Crippen molar-refractivity contribution in [2.75, 3.05) is 13.1 Å². The summed E-state index contributed by atoms with van der Waals surface area (Å²) in [7, 11) is 0. The van der Waals surface area contributed by atoms with Gasteiger partial charge < -0.3 is 10.2 Å². The largest absolute Gasteiger partial charge is 0.349 e. The minimum absolute atomic E-state index is 0.0293. The first kappa shape index (κ1) is 17.0. The average molecular weight is 328 g/mol. The quantitative estimate of drug-likeness (QED) is 0.926. The first-order chi connectivity index (χ1) is 11.6. The highest BCUT2D eigenvalue weighted by atomic mass is 16.2. The van der Waals surface area contributed by atoms with E-state index >= 15 is 0 Å². The van der Waals surface area contributed by atoms with Gasteiger partial charge in [-0.15, -0.1) is 0 Å². The van der Waals surface area contributed by atoms with Crippen LogP contribution in [0.1, 0.15) is 55.8 Å². The van der Waals surface area contributed by atoms with Gasteiger partial charge in [0.25, 0.3) is 5.91 Å². The number of hydrogen-bond acceptors (Lipinski definition) is 2. The van der Waals surface area contributed by atoms with E-state index in [-0.39, 0.29) is 23.8 Å². The van der Waals surface area contributed by atoms with E-state index < -0.39 is 0 Å². The van der Waals surface area contributed by atoms with E-state index in [4.69, 9.17) is 0 Å². The molecule has 4 heteroatoms. The average Bonchev–Trinajstić information content (AvgIpc) is 2.63. The lowest BCUT2D eigenvalue weighted by molar-refractivity contribution is -0.138. The van der Waals surface area contributed by atoms with Crippen molar-refractivity contribution in [1.82, 2.24) is 10.2 Å². The standard InChI is InChI=1S/C20H28N2O2/c1-15-11-13-22(14-12-15)20(24)17-9-5-6-10-18(17)21-19(23)16-7-3-2-4-8-16/h2-4,7-8,15,17-18H,5-6,9-14H2,1H3,(H,21,23)/t17-,18+/m0/s1. The highest BCUT2D eigenvalue weighted by molar-refractivity contribution is 5.94. The van der Waals surface area contributed by atoms with Crippen molar-refractivity contribution in [2.45, 2.75) is 51.5 Å². The van der Waals surface area contributed by atoms with Crippen LogP contribution in [0.4, 0.5) is 0 Å². The van der Waals surface area contributed by atoms with Gasteiger partial charge in [0, 0.05) is 24.7 Å². The number of nitrogens with zero attached hydrogens (tertiary/aromatic N) is 1. The maximum absolute atomic E-state index is 13.0. The molecule has 0 unspecified atom stereocenters. The lowest BCUT2D eigenvalue weighted by Gasteiger charge is -2.37. The van der Waals surface area contributed by atoms with Gasteiger partial charge in [-0.25, -0.2) is 0 Å². The van der Waals surface area contributed by atoms with E-state index in [0.717, 1.165) is 51.6 Å². The molecule has 1 aromatic carbocycles. The number of likely N-dealkylation sites (tertiary alicyclic amines) is 1. The van der Waals surface area contributed by atoms with Crippen molar-refractivity contribution in [3.05, 3.63) is 35.9 Å². The Morgan fingerprint density at radius 3 is 2.38 bits per heavy atom. The molecule has 0 radical (unpaired) electrons. The van der Waals surface area contributed by atoms with Crippen molar-refractivity contribution in [1.29, 1.82) is 0 Å². The predicted molar refractivity (Wildman–Crippen MR) is 94.6 cm³/mol. The lowest BCUT2D eigenvalue weighted by Crippen LogP contribution is -2.51. The molecule has 1 saturated carbocycles. The summed E-state index contributed by atoms with van der Waals surface area (Å²) in [5.41, 5.74) is 0.668. The van der Waals surface area contributed by atoms with Gasteiger partial charge in [-0.2, -0.15) is 0 Å². The molecule has 0 spiro atoms. The SMILES string of the molecule is CC1CCN(C(=O)[C@H]2CCCC[C@H]2NC(=O)c2ccccc2)CC1. The fraction of sp³-hybridized carbons (Fsp3) is 0.600. The van der Waals surface area contributed by atoms with Crippen LogP contribution in [0.3, 0.4) is 0 Å². The summed E-state index contributed by atoms with van der Waals surface area (Å²) >= 11 is 0. The van der Waals surface area contributed by atoms with Crippen LogP contribution in [-0.4, -0.2) is 35.8 Å². The molecule has 1 aromatic rings. The second kappa shape index (κ2) is 7.82. The van der Waals surface area contributed by atoms with Crippen molar-refractivity contribution in [2.24, 2.45) is 11.8 Å². The Morgan fingerprint density at radius 1 is 1.00 bits per heavy atom. The van der Waals surface area contributed by atoms with E-state index in [0.29, 0.717) is 11.5 Å². The summed E-state index contributed by atoms with van der Waals surface area (Å²) in [5.74, 6) is 0.848. The molecule has 1 aliphatic heterocycles. The van der Waals surface area contributed by atoms with E-state index in [1.54, 1.807) is 0 Å². The Hall–Kier alpha value is -1.84. The normalized spacial score (nSPS) is 25.3. The van der Waals surface area contributed by atoms with E-state index in [1.807, 2.05) is 35.2 Å². The van der Waals surface area contributed by atoms with Crippen molar-refractivity contribution >= 4 is 11.8 Å². The third kappa shape index (κ3) is 3.97. The second-order valence-electron chi connectivity index (χ2n) is 7.34. The highest BCUT2D eigenvalue weighted by Gasteiger charge is 2.35. The van der Waals surface area contributed by atoms with Gasteiger partial charge in [0.15, 0.2) is 0 Å². The maximum atomic E-state index is 13.0. The number of amides is 2. The Balaban J connectivity index is 1.65. The monoisotopic (exact) mass is 328 g/mol. The predicted octanol–water partition coefficient (Wildman–Crippen LogP) is 3.23. The molecule has 1 saturated heterocycles. The van der Waals surface area contributed by atoms with E-state index in [1.165, 1.54) is 0 Å². The molecule has 2 amide bonds. The second-order valence-corrected chi connectivity index (χ2v) is 7.34. The molecule has 3 rings (SSSR count). The summed E-state index contributed by atoms with van der Waals surface area (Å²) < 4.78 is 0. The molecular formula is C20H28N2O2. The Kier molecular flexibility index (Phi) is 5.54. The molecule has 0 bridgehead atoms. The van der Waals surface area contributed by atoms with Crippen LogP contribution in [0, 0.1) is 11.8 Å². The van der Waals surface area contributed by atoms with Crippen LogP contribution in [0.2, 0.25) is 0 Å². The van der Waals surface area contributed by atoms with Crippen LogP contribution in [-0.2, 0) is 4.79 Å². The zero-order valence-electron chi connectivity index (χ0n) is 14.5. The van der Waals surface area contributed by atoms with Crippen LogP contribution in [0.25, 0.3) is 0 Å². The summed E-state index contributed by atoms with van der Waals surface area (Å²) in [6, 6.07) is 9.25. The molecular weight excluding hydrogens is 300 g/mol. The summed E-state index contributed by atoms with van der Waals surface area (Å²) in [6.07, 6.45) is 6.15. The zero-order valence-corrected chi connectivity index (χ0v) is 14.5. The van der Waals surface area contributed by atoms with Crippen LogP contribution >= 0.6 is 0 Å². The Labute approximate surface area is 144 Å². The lowest BCUT2D eigenvalue weighted by atomic mass is 9.82. The maximum Gasteiger partial charge on any atom is 0.251 e. The third-order valence-corrected chi connectivity index (χ3v) is 5.53. The first-order valence-corrected chi connectivity index (χ1v) is 9.30. The molecule has 130 valence electrons. The smallest absolute Gasteiger partial charge is 0.251 e. The van der Waals surface area contributed by atoms with Gasteiger partial charge in [0.2, 0.25) is 5.91 Å². The van der Waals surface area contributed by atoms with Gasteiger partial charge in [-0.3, -0.25) is 9.59 Å². The van der Waals surface area contributed by atoms with Crippen LogP contribution < -0.4 is 5.32 Å². The van der Waals surface area contributed by atoms with E-state index in [9.17, 15) is 9.59 Å². The molecule has 0 aromatic heterocycles. The summed E-state index contributed by atoms with van der Waals surface area (Å²) in [5, 5.41) is 3.13. The van der Waals surface area contributed by atoms with Gasteiger partial charge >= 0.3 is 0 Å². The number of rotatable bonds is 3. The number of nitrogens with one attached hydrogen (secondary N) is 1. The highest BCUT2D eigenvalue weighted by Crippen LogP contribution is 2.28. The van der Waals surface area contributed by atoms with Gasteiger partial charge in [0.1, 0.15) is 0 Å². The Morgan fingerprint density at radius 2 is 1.67 bits per heavy atom. The minimum Gasteiger partial charge on any atom is -0.349 e.